The van der Waals surface area contributed by atoms with Crippen LogP contribution in [0.1, 0.15) is 44.6 Å². The third-order valence-electron chi connectivity index (χ3n) is 4.67. The molecular formula is C17H24FNO. The van der Waals surface area contributed by atoms with Gasteiger partial charge in [-0.05, 0) is 43.9 Å². The molecule has 0 unspecified atom stereocenters. The third kappa shape index (κ3) is 2.69. The summed E-state index contributed by atoms with van der Waals surface area (Å²) in [6.07, 6.45) is 7.42. The third-order valence-corrected chi connectivity index (χ3v) is 4.67. The van der Waals surface area contributed by atoms with Gasteiger partial charge in [0.1, 0.15) is 6.61 Å². The molecule has 1 aromatic rings. The summed E-state index contributed by atoms with van der Waals surface area (Å²) in [6.45, 7) is 3.99. The van der Waals surface area contributed by atoms with Crippen molar-refractivity contribution in [1.29, 1.82) is 0 Å². The van der Waals surface area contributed by atoms with Crippen molar-refractivity contribution in [3.8, 4) is 5.75 Å². The molecule has 1 aliphatic carbocycles. The molecule has 3 rings (SSSR count). The average molecular weight is 277 g/mol. The van der Waals surface area contributed by atoms with Crippen LogP contribution in [0.15, 0.2) is 18.2 Å². The van der Waals surface area contributed by atoms with Crippen molar-refractivity contribution in [3.05, 3.63) is 29.6 Å². The fourth-order valence-corrected chi connectivity index (χ4v) is 3.74. The second-order valence-corrected chi connectivity index (χ2v) is 6.07. The quantitative estimate of drug-likeness (QED) is 0.830. The highest BCUT2D eigenvalue weighted by atomic mass is 19.1. The lowest BCUT2D eigenvalue weighted by Crippen LogP contribution is -2.48. The van der Waals surface area contributed by atoms with E-state index in [4.69, 9.17) is 4.74 Å². The van der Waals surface area contributed by atoms with Crippen molar-refractivity contribution >= 4 is 0 Å². The number of nitrogens with zero attached hydrogens (tertiary/aromatic N) is 1. The van der Waals surface area contributed by atoms with Crippen molar-refractivity contribution in [2.75, 3.05) is 13.2 Å². The van der Waals surface area contributed by atoms with E-state index in [1.807, 2.05) is 6.07 Å². The Labute approximate surface area is 120 Å². The van der Waals surface area contributed by atoms with E-state index in [1.54, 1.807) is 6.07 Å². The molecular weight excluding hydrogens is 253 g/mol. The van der Waals surface area contributed by atoms with Gasteiger partial charge in [0, 0.05) is 12.1 Å². The second-order valence-electron chi connectivity index (χ2n) is 6.07. The van der Waals surface area contributed by atoms with Gasteiger partial charge in [-0.2, -0.15) is 0 Å². The van der Waals surface area contributed by atoms with Crippen molar-refractivity contribution < 1.29 is 9.13 Å². The van der Waals surface area contributed by atoms with E-state index in [-0.39, 0.29) is 5.82 Å². The summed E-state index contributed by atoms with van der Waals surface area (Å²) in [6, 6.07) is 6.40. The summed E-state index contributed by atoms with van der Waals surface area (Å²) in [5, 5.41) is 0. The molecule has 0 aromatic heterocycles. The number of para-hydroxylation sites is 1. The normalized spacial score (nSPS) is 22.9. The molecule has 0 radical (unpaired) electrons. The van der Waals surface area contributed by atoms with Gasteiger partial charge in [0.25, 0.3) is 0 Å². The van der Waals surface area contributed by atoms with Gasteiger partial charge >= 0.3 is 0 Å². The Hall–Kier alpha value is -1.09. The lowest BCUT2D eigenvalue weighted by molar-refractivity contribution is 0.0793. The molecule has 1 saturated carbocycles. The lowest BCUT2D eigenvalue weighted by atomic mass is 9.99. The smallest absolute Gasteiger partial charge is 0.165 e. The zero-order valence-electron chi connectivity index (χ0n) is 12.3. The van der Waals surface area contributed by atoms with Gasteiger partial charge in [-0.15, -0.1) is 0 Å². The van der Waals surface area contributed by atoms with Crippen molar-refractivity contribution in [2.45, 2.75) is 57.5 Å². The molecule has 2 aliphatic rings. The van der Waals surface area contributed by atoms with E-state index in [9.17, 15) is 4.39 Å². The molecule has 20 heavy (non-hydrogen) atoms. The van der Waals surface area contributed by atoms with Gasteiger partial charge in [0.15, 0.2) is 11.6 Å². The number of hydrogen-bond donors (Lipinski definition) is 0. The van der Waals surface area contributed by atoms with Gasteiger partial charge in [0.2, 0.25) is 0 Å². The summed E-state index contributed by atoms with van der Waals surface area (Å²) in [7, 11) is 0. The minimum absolute atomic E-state index is 0.219. The van der Waals surface area contributed by atoms with Crippen LogP contribution in [-0.2, 0) is 6.42 Å². The van der Waals surface area contributed by atoms with Crippen LogP contribution in [0.3, 0.4) is 0 Å². The Morgan fingerprint density at radius 3 is 2.80 bits per heavy atom. The first-order valence-electron chi connectivity index (χ1n) is 7.95. The molecule has 0 saturated heterocycles. The minimum atomic E-state index is -0.219. The minimum Gasteiger partial charge on any atom is -0.489 e. The molecule has 1 heterocycles. The molecule has 0 N–H and O–H groups in total. The number of hydrogen-bond acceptors (Lipinski definition) is 2. The molecule has 1 atom stereocenters. The molecule has 3 heteroatoms. The Morgan fingerprint density at radius 1 is 1.25 bits per heavy atom. The maximum absolute atomic E-state index is 13.7. The highest BCUT2D eigenvalue weighted by Gasteiger charge is 2.32. The standard InChI is InChI=1S/C17H24FNO/c1-2-10-19(14-7-3-4-8-14)15-11-13-6-5-9-16(18)17(13)20-12-15/h5-6,9,14-15H,2-4,7-8,10-12H2,1H3/t15-/m1/s1. The molecule has 0 bridgehead atoms. The van der Waals surface area contributed by atoms with Crippen molar-refractivity contribution in [1.82, 2.24) is 4.90 Å². The summed E-state index contributed by atoms with van der Waals surface area (Å²) in [5.74, 6) is 0.260. The Morgan fingerprint density at radius 2 is 2.05 bits per heavy atom. The zero-order valence-corrected chi connectivity index (χ0v) is 12.3. The number of halogens is 1. The molecule has 110 valence electrons. The van der Waals surface area contributed by atoms with E-state index in [2.05, 4.69) is 11.8 Å². The summed E-state index contributed by atoms with van der Waals surface area (Å²) < 4.78 is 19.4. The van der Waals surface area contributed by atoms with Crippen LogP contribution < -0.4 is 4.74 Å². The molecule has 1 aliphatic heterocycles. The monoisotopic (exact) mass is 277 g/mol. The number of ether oxygens (including phenoxy) is 1. The molecule has 1 fully saturated rings. The fraction of sp³-hybridized carbons (Fsp3) is 0.647. The van der Waals surface area contributed by atoms with Crippen LogP contribution in [0.2, 0.25) is 0 Å². The first-order valence-corrected chi connectivity index (χ1v) is 7.95. The van der Waals surface area contributed by atoms with Gasteiger partial charge in [-0.3, -0.25) is 4.90 Å². The van der Waals surface area contributed by atoms with Crippen LogP contribution in [0.4, 0.5) is 4.39 Å². The second kappa shape index (κ2) is 6.13. The Bertz CT molecular complexity index is 456. The van der Waals surface area contributed by atoms with Gasteiger partial charge in [0.05, 0.1) is 0 Å². The summed E-state index contributed by atoms with van der Waals surface area (Å²) in [4.78, 5) is 2.63. The maximum Gasteiger partial charge on any atom is 0.165 e. The fourth-order valence-electron chi connectivity index (χ4n) is 3.74. The van der Waals surface area contributed by atoms with Gasteiger partial charge in [-0.1, -0.05) is 31.9 Å². The maximum atomic E-state index is 13.7. The van der Waals surface area contributed by atoms with Gasteiger partial charge in [-0.25, -0.2) is 4.39 Å². The van der Waals surface area contributed by atoms with Crippen molar-refractivity contribution in [3.63, 3.8) is 0 Å². The zero-order chi connectivity index (χ0) is 13.9. The van der Waals surface area contributed by atoms with E-state index in [0.29, 0.717) is 24.4 Å². The number of benzene rings is 1. The van der Waals surface area contributed by atoms with Crippen LogP contribution in [0.5, 0.6) is 5.75 Å². The first-order chi connectivity index (χ1) is 9.79. The Balaban J connectivity index is 1.76. The van der Waals surface area contributed by atoms with Crippen LogP contribution in [0, 0.1) is 5.82 Å². The van der Waals surface area contributed by atoms with E-state index in [0.717, 1.165) is 18.5 Å². The lowest BCUT2D eigenvalue weighted by Gasteiger charge is -2.38. The number of fused-ring (bicyclic) bond motifs is 1. The predicted octanol–water partition coefficient (Wildman–Crippen LogP) is 3.78. The van der Waals surface area contributed by atoms with Gasteiger partial charge < -0.3 is 4.74 Å². The molecule has 0 amide bonds. The summed E-state index contributed by atoms with van der Waals surface area (Å²) in [5.41, 5.74) is 1.03. The van der Waals surface area contributed by atoms with Crippen LogP contribution in [-0.4, -0.2) is 30.1 Å². The van der Waals surface area contributed by atoms with E-state index in [1.165, 1.54) is 38.2 Å². The van der Waals surface area contributed by atoms with Crippen LogP contribution in [0.25, 0.3) is 0 Å². The first kappa shape index (κ1) is 13.9. The highest BCUT2D eigenvalue weighted by molar-refractivity contribution is 5.37. The topological polar surface area (TPSA) is 12.5 Å². The predicted molar refractivity (Wildman–Crippen MR) is 78.6 cm³/mol. The molecule has 0 spiro atoms. The van der Waals surface area contributed by atoms with Crippen LogP contribution >= 0.6 is 0 Å². The van der Waals surface area contributed by atoms with E-state index < -0.39 is 0 Å². The van der Waals surface area contributed by atoms with Crippen molar-refractivity contribution in [2.24, 2.45) is 0 Å². The Kier molecular flexibility index (Phi) is 4.25. The molecule has 2 nitrogen and oxygen atoms in total. The average Bonchev–Trinajstić information content (AvgIpc) is 2.98. The number of rotatable bonds is 4. The SMILES string of the molecule is CCCN(C1CCCC1)[C@H]1COc2c(F)cccc2C1. The molecule has 1 aromatic carbocycles. The largest absolute Gasteiger partial charge is 0.489 e. The summed E-state index contributed by atoms with van der Waals surface area (Å²) >= 11 is 0. The van der Waals surface area contributed by atoms with E-state index >= 15 is 0 Å². The highest BCUT2D eigenvalue weighted by Crippen LogP contribution is 2.32.